The molecule has 130 valence electrons. The molecule has 2 aromatic carbocycles. The predicted molar refractivity (Wildman–Crippen MR) is 89.8 cm³/mol. The van der Waals surface area contributed by atoms with Gasteiger partial charge in [-0.2, -0.15) is 0 Å². The summed E-state index contributed by atoms with van der Waals surface area (Å²) in [4.78, 5) is 27.2. The van der Waals surface area contributed by atoms with Crippen molar-refractivity contribution < 1.29 is 29.3 Å². The maximum atomic E-state index is 12.2. The number of nitrogens with zero attached hydrogens (tertiary/aromatic N) is 2. The van der Waals surface area contributed by atoms with Gasteiger partial charge in [0.1, 0.15) is 6.54 Å². The highest BCUT2D eigenvalue weighted by molar-refractivity contribution is 7.94. The lowest BCUT2D eigenvalue weighted by Gasteiger charge is -2.21. The second-order valence-electron chi connectivity index (χ2n) is 5.16. The van der Waals surface area contributed by atoms with Crippen LogP contribution in [0.15, 0.2) is 59.5 Å². The minimum Gasteiger partial charge on any atom is -0.480 e. The van der Waals surface area contributed by atoms with Gasteiger partial charge in [-0.3, -0.25) is 14.5 Å². The third-order valence-corrected chi connectivity index (χ3v) is 4.19. The Balaban J connectivity index is 1.81. The van der Waals surface area contributed by atoms with E-state index >= 15 is 0 Å². The Morgan fingerprint density at radius 1 is 1.16 bits per heavy atom. The van der Waals surface area contributed by atoms with E-state index in [9.17, 15) is 14.7 Å². The first-order valence-electron chi connectivity index (χ1n) is 7.23. The summed E-state index contributed by atoms with van der Waals surface area (Å²) in [6.07, 6.45) is -0.658. The van der Waals surface area contributed by atoms with Crippen molar-refractivity contribution in [2.24, 2.45) is 0 Å². The zero-order valence-electron chi connectivity index (χ0n) is 12.8. The molecule has 9 heteroatoms. The van der Waals surface area contributed by atoms with E-state index in [1.54, 1.807) is 36.4 Å². The highest BCUT2D eigenvalue weighted by Gasteiger charge is 2.51. The van der Waals surface area contributed by atoms with Gasteiger partial charge in [-0.25, -0.2) is 5.26 Å². The largest absolute Gasteiger partial charge is 0.480 e. The number of para-hydroxylation sites is 1. The van der Waals surface area contributed by atoms with Crippen LogP contribution in [0, 0.1) is 0 Å². The second-order valence-corrected chi connectivity index (χ2v) is 5.93. The lowest BCUT2D eigenvalue weighted by atomic mass is 10.3. The van der Waals surface area contributed by atoms with Gasteiger partial charge in [0.25, 0.3) is 5.91 Å². The van der Waals surface area contributed by atoms with Crippen LogP contribution >= 0.6 is 12.0 Å². The Morgan fingerprint density at radius 2 is 1.84 bits per heavy atom. The Hall–Kier alpha value is -2.59. The molecule has 0 radical (unpaired) electrons. The van der Waals surface area contributed by atoms with Crippen LogP contribution in [0.1, 0.15) is 0 Å². The lowest BCUT2D eigenvalue weighted by molar-refractivity contribution is -0.432. The molecule has 2 N–H and O–H groups in total. The summed E-state index contributed by atoms with van der Waals surface area (Å²) in [6.45, 7) is -0.317. The number of aliphatic carboxylic acids is 1. The number of carboxylic acid groups (broad SMARTS) is 1. The van der Waals surface area contributed by atoms with Gasteiger partial charge in [-0.15, -0.1) is 4.33 Å². The first kappa shape index (κ1) is 17.2. The standard InChI is InChI=1S/C16H14N2O6S/c19-14(20)10-17(11-6-8-13(9-7-11)25-24-23-22)15-16(21)18(15)12-4-2-1-3-5-12/h1-9,15,22H,10H2,(H,19,20). The van der Waals surface area contributed by atoms with Crippen molar-refractivity contribution in [3.05, 3.63) is 54.6 Å². The van der Waals surface area contributed by atoms with Crippen LogP contribution in [0.3, 0.4) is 0 Å². The van der Waals surface area contributed by atoms with Gasteiger partial charge < -0.3 is 10.0 Å². The summed E-state index contributed by atoms with van der Waals surface area (Å²) in [6, 6.07) is 15.7. The normalized spacial score (nSPS) is 16.0. The number of carbonyl (C=O) groups excluding carboxylic acids is 1. The SMILES string of the molecule is O=C(O)CN(c1ccc(SOOO)cc1)C1C(=O)N1c1ccccc1. The fourth-order valence-electron chi connectivity index (χ4n) is 2.51. The number of hydrogen-bond acceptors (Lipinski definition) is 7. The zero-order chi connectivity index (χ0) is 17.8. The molecule has 1 aliphatic rings. The van der Waals surface area contributed by atoms with Crippen LogP contribution in [0.25, 0.3) is 0 Å². The zero-order valence-corrected chi connectivity index (χ0v) is 13.6. The highest BCUT2D eigenvalue weighted by atomic mass is 32.2. The van der Waals surface area contributed by atoms with Crippen molar-refractivity contribution >= 4 is 35.3 Å². The quantitative estimate of drug-likeness (QED) is 0.320. The smallest absolute Gasteiger partial charge is 0.323 e. The maximum absolute atomic E-state index is 12.2. The number of benzene rings is 2. The fourth-order valence-corrected chi connectivity index (χ4v) is 2.87. The Labute approximate surface area is 147 Å². The maximum Gasteiger partial charge on any atom is 0.323 e. The van der Waals surface area contributed by atoms with Crippen molar-refractivity contribution in [3.8, 4) is 0 Å². The first-order valence-corrected chi connectivity index (χ1v) is 7.97. The molecular weight excluding hydrogens is 348 g/mol. The molecule has 2 aromatic rings. The monoisotopic (exact) mass is 362 g/mol. The van der Waals surface area contributed by atoms with Gasteiger partial charge in [-0.05, 0) is 36.4 Å². The van der Waals surface area contributed by atoms with Gasteiger partial charge in [0.15, 0.2) is 6.17 Å². The second kappa shape index (κ2) is 7.53. The van der Waals surface area contributed by atoms with E-state index < -0.39 is 12.1 Å². The van der Waals surface area contributed by atoms with Crippen molar-refractivity contribution in [2.45, 2.75) is 11.1 Å². The molecule has 1 atom stereocenters. The number of carboxylic acids is 1. The summed E-state index contributed by atoms with van der Waals surface area (Å²) in [5.74, 6) is -1.20. The third kappa shape index (κ3) is 3.91. The molecule has 0 bridgehead atoms. The molecular formula is C16H14N2O6S. The molecule has 1 heterocycles. The van der Waals surface area contributed by atoms with Gasteiger partial charge in [0, 0.05) is 16.3 Å². The Kier molecular flexibility index (Phi) is 5.19. The molecule has 1 unspecified atom stereocenters. The predicted octanol–water partition coefficient (Wildman–Crippen LogP) is 2.38. The molecule has 1 amide bonds. The summed E-state index contributed by atoms with van der Waals surface area (Å²) in [7, 11) is 0. The van der Waals surface area contributed by atoms with E-state index in [2.05, 4.69) is 9.37 Å². The number of amides is 1. The molecule has 0 aromatic heterocycles. The molecule has 1 aliphatic heterocycles. The van der Waals surface area contributed by atoms with E-state index in [1.165, 1.54) is 9.80 Å². The van der Waals surface area contributed by atoms with Crippen LogP contribution in [0.2, 0.25) is 0 Å². The number of rotatable bonds is 8. The molecule has 25 heavy (non-hydrogen) atoms. The van der Waals surface area contributed by atoms with Crippen LogP contribution in [0.5, 0.6) is 0 Å². The minimum absolute atomic E-state index is 0.164. The molecule has 1 fully saturated rings. The average Bonchev–Trinajstić information content (AvgIpc) is 3.29. The van der Waals surface area contributed by atoms with Crippen LogP contribution in [-0.2, 0) is 19.0 Å². The van der Waals surface area contributed by atoms with Gasteiger partial charge in [-0.1, -0.05) is 23.2 Å². The van der Waals surface area contributed by atoms with Crippen molar-refractivity contribution in [1.82, 2.24) is 0 Å². The van der Waals surface area contributed by atoms with Crippen LogP contribution in [0.4, 0.5) is 11.4 Å². The van der Waals surface area contributed by atoms with Crippen LogP contribution in [-0.4, -0.2) is 35.0 Å². The van der Waals surface area contributed by atoms with E-state index in [0.29, 0.717) is 16.3 Å². The molecule has 1 saturated heterocycles. The van der Waals surface area contributed by atoms with Crippen LogP contribution < -0.4 is 9.80 Å². The minimum atomic E-state index is -1.04. The lowest BCUT2D eigenvalue weighted by Crippen LogP contribution is -2.35. The van der Waals surface area contributed by atoms with Gasteiger partial charge in [0.2, 0.25) is 0 Å². The van der Waals surface area contributed by atoms with Crippen molar-refractivity contribution in [1.29, 1.82) is 0 Å². The molecule has 3 rings (SSSR count). The van der Waals surface area contributed by atoms with Crippen molar-refractivity contribution in [3.63, 3.8) is 0 Å². The number of hydrogen-bond donors (Lipinski definition) is 2. The van der Waals surface area contributed by atoms with Crippen molar-refractivity contribution in [2.75, 3.05) is 16.3 Å². The fraction of sp³-hybridized carbons (Fsp3) is 0.125. The summed E-state index contributed by atoms with van der Waals surface area (Å²) < 4.78 is 4.34. The van der Waals surface area contributed by atoms with Gasteiger partial charge in [0.05, 0.1) is 12.0 Å². The van der Waals surface area contributed by atoms with E-state index in [0.717, 1.165) is 12.0 Å². The number of carbonyl (C=O) groups is 2. The first-order chi connectivity index (χ1) is 12.1. The molecule has 0 aliphatic carbocycles. The molecule has 0 saturated carbocycles. The molecule has 8 nitrogen and oxygen atoms in total. The topological polar surface area (TPSA) is 99.3 Å². The Morgan fingerprint density at radius 3 is 2.44 bits per heavy atom. The highest BCUT2D eigenvalue weighted by Crippen LogP contribution is 2.35. The Bertz CT molecular complexity index is 755. The molecule has 0 spiro atoms. The summed E-state index contributed by atoms with van der Waals surface area (Å²) >= 11 is 0.792. The number of anilines is 2. The van der Waals surface area contributed by atoms with E-state index in [1.807, 2.05) is 18.2 Å². The van der Waals surface area contributed by atoms with Gasteiger partial charge >= 0.3 is 5.97 Å². The van der Waals surface area contributed by atoms with E-state index in [4.69, 9.17) is 5.26 Å². The summed E-state index contributed by atoms with van der Waals surface area (Å²) in [5.41, 5.74) is 1.29. The average molecular weight is 362 g/mol. The van der Waals surface area contributed by atoms with E-state index in [-0.39, 0.29) is 12.5 Å². The third-order valence-electron chi connectivity index (χ3n) is 3.60. The summed E-state index contributed by atoms with van der Waals surface area (Å²) in [5, 5.41) is 20.9.